The van der Waals surface area contributed by atoms with Gasteiger partial charge < -0.3 is 9.88 Å². The molecule has 0 saturated heterocycles. The van der Waals surface area contributed by atoms with Gasteiger partial charge in [0.1, 0.15) is 18.7 Å². The number of amides is 1. The Bertz CT molecular complexity index is 435. The SMILES string of the molecule is CN(Cc1ncc[nH]1)C(=O)Cn1cnnn1. The number of carbonyl (C=O) groups is 1. The maximum atomic E-state index is 11.7. The first kappa shape index (κ1) is 10.3. The molecule has 1 N–H and O–H groups in total. The molecule has 1 amide bonds. The lowest BCUT2D eigenvalue weighted by Crippen LogP contribution is -2.30. The predicted octanol–water partition coefficient (Wildman–Crippen LogP) is -0.945. The quantitative estimate of drug-likeness (QED) is 0.718. The zero-order valence-electron chi connectivity index (χ0n) is 8.74. The Morgan fingerprint density at radius 2 is 2.50 bits per heavy atom. The molecule has 0 aliphatic rings. The minimum atomic E-state index is -0.0799. The number of hydrogen-bond acceptors (Lipinski definition) is 5. The number of rotatable bonds is 4. The van der Waals surface area contributed by atoms with Gasteiger partial charge in [0.05, 0.1) is 6.54 Å². The fourth-order valence-electron chi connectivity index (χ4n) is 1.21. The van der Waals surface area contributed by atoms with E-state index in [1.54, 1.807) is 24.3 Å². The first-order chi connectivity index (χ1) is 7.75. The van der Waals surface area contributed by atoms with Gasteiger partial charge in [0, 0.05) is 19.4 Å². The van der Waals surface area contributed by atoms with Crippen molar-refractivity contribution in [2.24, 2.45) is 0 Å². The van der Waals surface area contributed by atoms with Crippen LogP contribution in [0.2, 0.25) is 0 Å². The van der Waals surface area contributed by atoms with E-state index < -0.39 is 0 Å². The number of aromatic nitrogens is 6. The highest BCUT2D eigenvalue weighted by molar-refractivity contribution is 5.75. The van der Waals surface area contributed by atoms with Crippen LogP contribution in [0.4, 0.5) is 0 Å². The maximum absolute atomic E-state index is 11.7. The molecule has 0 radical (unpaired) electrons. The van der Waals surface area contributed by atoms with Crippen molar-refractivity contribution in [3.8, 4) is 0 Å². The van der Waals surface area contributed by atoms with Crippen LogP contribution in [0.15, 0.2) is 18.7 Å². The molecular formula is C8H11N7O. The molecule has 8 nitrogen and oxygen atoms in total. The molecule has 84 valence electrons. The molecule has 2 rings (SSSR count). The van der Waals surface area contributed by atoms with Gasteiger partial charge >= 0.3 is 0 Å². The Morgan fingerprint density at radius 3 is 3.12 bits per heavy atom. The van der Waals surface area contributed by atoms with Crippen molar-refractivity contribution < 1.29 is 4.79 Å². The molecular weight excluding hydrogens is 210 g/mol. The predicted molar refractivity (Wildman–Crippen MR) is 52.9 cm³/mol. The molecule has 0 aliphatic carbocycles. The molecule has 0 spiro atoms. The maximum Gasteiger partial charge on any atom is 0.244 e. The lowest BCUT2D eigenvalue weighted by molar-refractivity contribution is -0.131. The van der Waals surface area contributed by atoms with E-state index >= 15 is 0 Å². The number of nitrogens with zero attached hydrogens (tertiary/aromatic N) is 6. The largest absolute Gasteiger partial charge is 0.347 e. The van der Waals surface area contributed by atoms with Crippen LogP contribution in [0, 0.1) is 0 Å². The van der Waals surface area contributed by atoms with Crippen molar-refractivity contribution in [1.82, 2.24) is 35.1 Å². The summed E-state index contributed by atoms with van der Waals surface area (Å²) < 4.78 is 1.38. The van der Waals surface area contributed by atoms with Gasteiger partial charge in [-0.05, 0) is 10.4 Å². The number of H-pyrrole nitrogens is 1. The summed E-state index contributed by atoms with van der Waals surface area (Å²) in [6, 6.07) is 0. The summed E-state index contributed by atoms with van der Waals surface area (Å²) in [7, 11) is 1.70. The summed E-state index contributed by atoms with van der Waals surface area (Å²) in [6.45, 7) is 0.568. The van der Waals surface area contributed by atoms with Crippen LogP contribution in [0.3, 0.4) is 0 Å². The number of likely N-dealkylation sites (N-methyl/N-ethyl adjacent to an activating group) is 1. The summed E-state index contributed by atoms with van der Waals surface area (Å²) >= 11 is 0. The number of nitrogens with one attached hydrogen (secondary N) is 1. The zero-order chi connectivity index (χ0) is 11.4. The number of imidazole rings is 1. The lowest BCUT2D eigenvalue weighted by atomic mass is 10.4. The molecule has 0 fully saturated rings. The number of hydrogen-bond donors (Lipinski definition) is 1. The highest BCUT2D eigenvalue weighted by Gasteiger charge is 2.11. The van der Waals surface area contributed by atoms with Crippen molar-refractivity contribution in [1.29, 1.82) is 0 Å². The third kappa shape index (κ3) is 2.41. The van der Waals surface area contributed by atoms with Crippen LogP contribution in [0.5, 0.6) is 0 Å². The van der Waals surface area contributed by atoms with E-state index in [0.717, 1.165) is 5.82 Å². The Morgan fingerprint density at radius 1 is 1.62 bits per heavy atom. The Balaban J connectivity index is 1.90. The average Bonchev–Trinajstić information content (AvgIpc) is 2.90. The van der Waals surface area contributed by atoms with Gasteiger partial charge in [-0.3, -0.25) is 4.79 Å². The standard InChI is InChI=1S/C8H11N7O/c1-14(4-7-9-2-3-10-7)8(16)5-15-6-11-12-13-15/h2-3,6H,4-5H2,1H3,(H,9,10). The molecule has 0 aliphatic heterocycles. The third-order valence-electron chi connectivity index (χ3n) is 2.06. The van der Waals surface area contributed by atoms with Crippen molar-refractivity contribution in [2.75, 3.05) is 7.05 Å². The number of aromatic amines is 1. The summed E-state index contributed by atoms with van der Waals surface area (Å²) in [5, 5.41) is 10.5. The van der Waals surface area contributed by atoms with Gasteiger partial charge in [0.15, 0.2) is 0 Å². The lowest BCUT2D eigenvalue weighted by Gasteiger charge is -2.14. The molecule has 0 atom stereocenters. The molecule has 2 heterocycles. The van der Waals surface area contributed by atoms with Crippen molar-refractivity contribution in [3.63, 3.8) is 0 Å². The van der Waals surface area contributed by atoms with E-state index in [4.69, 9.17) is 0 Å². The highest BCUT2D eigenvalue weighted by atomic mass is 16.2. The van der Waals surface area contributed by atoms with Crippen LogP contribution in [-0.2, 0) is 17.9 Å². The number of tetrazole rings is 1. The van der Waals surface area contributed by atoms with Gasteiger partial charge in [0.2, 0.25) is 5.91 Å². The molecule has 2 aromatic heterocycles. The number of carbonyl (C=O) groups excluding carboxylic acids is 1. The van der Waals surface area contributed by atoms with E-state index in [-0.39, 0.29) is 12.5 Å². The van der Waals surface area contributed by atoms with Gasteiger partial charge in [-0.2, -0.15) is 0 Å². The molecule has 16 heavy (non-hydrogen) atoms. The van der Waals surface area contributed by atoms with Crippen LogP contribution in [0.1, 0.15) is 5.82 Å². The van der Waals surface area contributed by atoms with Crippen LogP contribution >= 0.6 is 0 Å². The smallest absolute Gasteiger partial charge is 0.244 e. The van der Waals surface area contributed by atoms with Gasteiger partial charge in [-0.15, -0.1) is 5.10 Å². The minimum absolute atomic E-state index is 0.0799. The monoisotopic (exact) mass is 221 g/mol. The third-order valence-corrected chi connectivity index (χ3v) is 2.06. The Hall–Kier alpha value is -2.25. The second kappa shape index (κ2) is 4.51. The second-order valence-corrected chi connectivity index (χ2v) is 3.29. The minimum Gasteiger partial charge on any atom is -0.347 e. The van der Waals surface area contributed by atoms with E-state index in [1.165, 1.54) is 11.0 Å². The molecule has 2 aromatic rings. The van der Waals surface area contributed by atoms with Crippen LogP contribution < -0.4 is 0 Å². The molecule has 0 saturated carbocycles. The molecule has 0 bridgehead atoms. The van der Waals surface area contributed by atoms with E-state index in [2.05, 4.69) is 25.5 Å². The highest BCUT2D eigenvalue weighted by Crippen LogP contribution is 1.97. The van der Waals surface area contributed by atoms with Crippen LogP contribution in [0.25, 0.3) is 0 Å². The zero-order valence-corrected chi connectivity index (χ0v) is 8.74. The Kier molecular flexibility index (Phi) is 2.90. The van der Waals surface area contributed by atoms with Crippen LogP contribution in [-0.4, -0.2) is 48.0 Å². The van der Waals surface area contributed by atoms with Crippen molar-refractivity contribution in [2.45, 2.75) is 13.1 Å². The molecule has 0 unspecified atom stereocenters. The van der Waals surface area contributed by atoms with E-state index in [0.29, 0.717) is 6.54 Å². The first-order valence-electron chi connectivity index (χ1n) is 4.68. The summed E-state index contributed by atoms with van der Waals surface area (Å²) in [6.07, 6.45) is 4.77. The van der Waals surface area contributed by atoms with Crippen molar-refractivity contribution in [3.05, 3.63) is 24.5 Å². The molecule has 8 heteroatoms. The van der Waals surface area contributed by atoms with Crippen molar-refractivity contribution >= 4 is 5.91 Å². The fourth-order valence-corrected chi connectivity index (χ4v) is 1.21. The topological polar surface area (TPSA) is 92.6 Å². The van der Waals surface area contributed by atoms with E-state index in [1.807, 2.05) is 0 Å². The van der Waals surface area contributed by atoms with E-state index in [9.17, 15) is 4.79 Å². The summed E-state index contributed by atoms with van der Waals surface area (Å²) in [4.78, 5) is 20.2. The van der Waals surface area contributed by atoms with Gasteiger partial charge in [-0.25, -0.2) is 9.67 Å². The van der Waals surface area contributed by atoms with Gasteiger partial charge in [-0.1, -0.05) is 0 Å². The summed E-state index contributed by atoms with van der Waals surface area (Å²) in [5.41, 5.74) is 0. The van der Waals surface area contributed by atoms with Gasteiger partial charge in [0.25, 0.3) is 0 Å². The molecule has 0 aromatic carbocycles. The average molecular weight is 221 g/mol. The Labute approximate surface area is 91.3 Å². The first-order valence-corrected chi connectivity index (χ1v) is 4.68. The summed E-state index contributed by atoms with van der Waals surface area (Å²) in [5.74, 6) is 0.663. The fraction of sp³-hybridized carbons (Fsp3) is 0.375. The second-order valence-electron chi connectivity index (χ2n) is 3.29. The normalized spacial score (nSPS) is 10.3.